The van der Waals surface area contributed by atoms with Crippen molar-refractivity contribution in [3.8, 4) is 0 Å². The molecule has 0 radical (unpaired) electrons. The predicted molar refractivity (Wildman–Crippen MR) is 67.6 cm³/mol. The van der Waals surface area contributed by atoms with Gasteiger partial charge in [0.2, 0.25) is 5.28 Å². The van der Waals surface area contributed by atoms with Crippen molar-refractivity contribution < 1.29 is 4.42 Å². The average molecular weight is 264 g/mol. The zero-order chi connectivity index (χ0) is 12.4. The van der Waals surface area contributed by atoms with Gasteiger partial charge in [-0.2, -0.15) is 9.97 Å². The van der Waals surface area contributed by atoms with Crippen LogP contribution in [-0.2, 0) is 6.42 Å². The molecule has 0 aliphatic carbocycles. The molecule has 0 bridgehead atoms. The quantitative estimate of drug-likeness (QED) is 0.706. The van der Waals surface area contributed by atoms with Gasteiger partial charge in [-0.1, -0.05) is 0 Å². The predicted octanol–water partition coefficient (Wildman–Crippen LogP) is 2.25. The largest absolute Gasteiger partial charge is 0.469 e. The van der Waals surface area contributed by atoms with Crippen molar-refractivity contribution in [2.24, 2.45) is 0 Å². The molecule has 0 atom stereocenters. The first kappa shape index (κ1) is 11.0. The molecule has 0 amide bonds. The van der Waals surface area contributed by atoms with Gasteiger partial charge in [-0.3, -0.25) is 0 Å². The van der Waals surface area contributed by atoms with E-state index in [4.69, 9.17) is 16.0 Å². The standard InChI is InChI=1S/C11H10ClN5O/c12-11-16-9(8-10(17-11)15-6-14-8)13-4-3-7-2-1-5-18-7/h1-2,5-6H,3-4H2,(H2,13,14,15,16,17). The van der Waals surface area contributed by atoms with Crippen LogP contribution in [0.3, 0.4) is 0 Å². The number of nitrogens with zero attached hydrogens (tertiary/aromatic N) is 3. The van der Waals surface area contributed by atoms with Gasteiger partial charge in [0.1, 0.15) is 11.3 Å². The maximum atomic E-state index is 5.82. The minimum Gasteiger partial charge on any atom is -0.469 e. The van der Waals surface area contributed by atoms with Gasteiger partial charge in [0.25, 0.3) is 0 Å². The highest BCUT2D eigenvalue weighted by molar-refractivity contribution is 6.28. The smallest absolute Gasteiger partial charge is 0.226 e. The minimum atomic E-state index is 0.176. The normalized spacial score (nSPS) is 10.9. The first-order valence-electron chi connectivity index (χ1n) is 5.46. The first-order chi connectivity index (χ1) is 8.83. The van der Waals surface area contributed by atoms with E-state index in [2.05, 4.69) is 25.3 Å². The van der Waals surface area contributed by atoms with Crippen molar-refractivity contribution in [1.29, 1.82) is 0 Å². The van der Waals surface area contributed by atoms with Crippen LogP contribution in [0, 0.1) is 0 Å². The lowest BCUT2D eigenvalue weighted by Crippen LogP contribution is -2.07. The molecule has 0 fully saturated rings. The molecular formula is C11H10ClN5O. The van der Waals surface area contributed by atoms with E-state index in [1.165, 1.54) is 0 Å². The minimum absolute atomic E-state index is 0.176. The van der Waals surface area contributed by atoms with Crippen LogP contribution in [0.5, 0.6) is 0 Å². The number of H-pyrrole nitrogens is 1. The first-order valence-corrected chi connectivity index (χ1v) is 5.83. The highest BCUT2D eigenvalue weighted by Gasteiger charge is 2.08. The molecule has 18 heavy (non-hydrogen) atoms. The van der Waals surface area contributed by atoms with Crippen molar-refractivity contribution >= 4 is 28.6 Å². The highest BCUT2D eigenvalue weighted by atomic mass is 35.5. The second kappa shape index (κ2) is 4.66. The van der Waals surface area contributed by atoms with Gasteiger partial charge in [-0.25, -0.2) is 4.98 Å². The number of anilines is 1. The topological polar surface area (TPSA) is 79.6 Å². The number of aromatic amines is 1. The number of fused-ring (bicyclic) bond motifs is 1. The molecule has 0 aromatic carbocycles. The molecule has 2 N–H and O–H groups in total. The van der Waals surface area contributed by atoms with Crippen molar-refractivity contribution in [1.82, 2.24) is 19.9 Å². The molecule has 0 unspecified atom stereocenters. The molecular weight excluding hydrogens is 254 g/mol. The van der Waals surface area contributed by atoms with Crippen molar-refractivity contribution in [3.63, 3.8) is 0 Å². The van der Waals surface area contributed by atoms with E-state index in [1.54, 1.807) is 12.6 Å². The Kier molecular flexibility index (Phi) is 2.85. The van der Waals surface area contributed by atoms with Crippen LogP contribution >= 0.6 is 11.6 Å². The van der Waals surface area contributed by atoms with E-state index in [1.807, 2.05) is 12.1 Å². The molecule has 3 aromatic rings. The van der Waals surface area contributed by atoms with Gasteiger partial charge in [-0.05, 0) is 23.7 Å². The molecule has 3 heterocycles. The number of imidazole rings is 1. The summed E-state index contributed by atoms with van der Waals surface area (Å²) in [6, 6.07) is 3.80. The van der Waals surface area contributed by atoms with Crippen LogP contribution in [0.4, 0.5) is 5.82 Å². The fourth-order valence-electron chi connectivity index (χ4n) is 1.69. The summed E-state index contributed by atoms with van der Waals surface area (Å²) in [4.78, 5) is 15.2. The number of furan rings is 1. The highest BCUT2D eigenvalue weighted by Crippen LogP contribution is 2.18. The maximum absolute atomic E-state index is 5.82. The van der Waals surface area contributed by atoms with Crippen LogP contribution in [0.1, 0.15) is 5.76 Å². The molecule has 0 aliphatic rings. The Balaban J connectivity index is 1.75. The molecule has 3 rings (SSSR count). The third kappa shape index (κ3) is 2.14. The Hall–Kier alpha value is -2.08. The maximum Gasteiger partial charge on any atom is 0.226 e. The van der Waals surface area contributed by atoms with Crippen molar-refractivity contribution in [2.75, 3.05) is 11.9 Å². The van der Waals surface area contributed by atoms with Gasteiger partial charge < -0.3 is 14.7 Å². The number of aromatic nitrogens is 4. The fourth-order valence-corrected chi connectivity index (χ4v) is 1.86. The lowest BCUT2D eigenvalue weighted by atomic mass is 10.3. The van der Waals surface area contributed by atoms with Crippen LogP contribution in [-0.4, -0.2) is 26.5 Å². The van der Waals surface area contributed by atoms with Crippen LogP contribution in [0.25, 0.3) is 11.2 Å². The summed E-state index contributed by atoms with van der Waals surface area (Å²) in [6.07, 6.45) is 3.99. The van der Waals surface area contributed by atoms with E-state index in [-0.39, 0.29) is 5.28 Å². The summed E-state index contributed by atoms with van der Waals surface area (Å²) < 4.78 is 5.25. The van der Waals surface area contributed by atoms with Crippen LogP contribution in [0.15, 0.2) is 29.1 Å². The Morgan fingerprint density at radius 2 is 2.33 bits per heavy atom. The average Bonchev–Trinajstić information content (AvgIpc) is 2.98. The van der Waals surface area contributed by atoms with Gasteiger partial charge in [0, 0.05) is 13.0 Å². The molecule has 3 aromatic heterocycles. The van der Waals surface area contributed by atoms with E-state index < -0.39 is 0 Å². The molecule has 0 aliphatic heterocycles. The van der Waals surface area contributed by atoms with E-state index in [0.29, 0.717) is 18.0 Å². The third-order valence-corrected chi connectivity index (χ3v) is 2.67. The Labute approximate surface area is 107 Å². The van der Waals surface area contributed by atoms with Gasteiger partial charge in [0.05, 0.1) is 12.6 Å². The van der Waals surface area contributed by atoms with E-state index in [0.717, 1.165) is 17.7 Å². The van der Waals surface area contributed by atoms with Gasteiger partial charge >= 0.3 is 0 Å². The summed E-state index contributed by atoms with van der Waals surface area (Å²) >= 11 is 5.82. The molecule has 0 saturated heterocycles. The SMILES string of the molecule is Clc1nc(NCCc2ccco2)c2[nH]cnc2n1. The lowest BCUT2D eigenvalue weighted by Gasteiger charge is -2.05. The molecule has 7 heteroatoms. The number of hydrogen-bond acceptors (Lipinski definition) is 5. The van der Waals surface area contributed by atoms with Crippen LogP contribution in [0.2, 0.25) is 5.28 Å². The number of halogens is 1. The van der Waals surface area contributed by atoms with Crippen molar-refractivity contribution in [3.05, 3.63) is 35.8 Å². The summed E-state index contributed by atoms with van der Waals surface area (Å²) in [6.45, 7) is 0.689. The number of rotatable bonds is 4. The molecule has 92 valence electrons. The second-order valence-electron chi connectivity index (χ2n) is 3.70. The van der Waals surface area contributed by atoms with E-state index in [9.17, 15) is 0 Å². The molecule has 6 nitrogen and oxygen atoms in total. The Bertz CT molecular complexity index is 649. The summed E-state index contributed by atoms with van der Waals surface area (Å²) in [7, 11) is 0. The summed E-state index contributed by atoms with van der Waals surface area (Å²) in [5.41, 5.74) is 1.30. The van der Waals surface area contributed by atoms with Gasteiger partial charge in [0.15, 0.2) is 11.5 Å². The number of nitrogens with one attached hydrogen (secondary N) is 2. The summed E-state index contributed by atoms with van der Waals surface area (Å²) in [5.74, 6) is 1.57. The molecule has 0 spiro atoms. The van der Waals surface area contributed by atoms with Crippen LogP contribution < -0.4 is 5.32 Å². The Morgan fingerprint density at radius 3 is 3.17 bits per heavy atom. The third-order valence-electron chi connectivity index (χ3n) is 2.50. The second-order valence-corrected chi connectivity index (χ2v) is 4.04. The van der Waals surface area contributed by atoms with E-state index >= 15 is 0 Å². The zero-order valence-corrected chi connectivity index (χ0v) is 10.1. The van der Waals surface area contributed by atoms with Gasteiger partial charge in [-0.15, -0.1) is 0 Å². The Morgan fingerprint density at radius 1 is 1.39 bits per heavy atom. The number of hydrogen-bond donors (Lipinski definition) is 2. The lowest BCUT2D eigenvalue weighted by molar-refractivity contribution is 0.513. The van der Waals surface area contributed by atoms with Crippen molar-refractivity contribution in [2.45, 2.75) is 6.42 Å². The summed E-state index contributed by atoms with van der Waals surface area (Å²) in [5, 5.41) is 3.36. The molecule has 0 saturated carbocycles. The zero-order valence-electron chi connectivity index (χ0n) is 9.35. The fraction of sp³-hybridized carbons (Fsp3) is 0.182. The monoisotopic (exact) mass is 263 g/mol.